The second kappa shape index (κ2) is 9.26. The van der Waals surface area contributed by atoms with Gasteiger partial charge in [0.2, 0.25) is 12.0 Å². The first-order valence-corrected chi connectivity index (χ1v) is 9.95. The lowest BCUT2D eigenvalue weighted by atomic mass is 10.1. The van der Waals surface area contributed by atoms with Crippen molar-refractivity contribution in [1.82, 2.24) is 0 Å². The van der Waals surface area contributed by atoms with Crippen LogP contribution < -0.4 is 24.8 Å². The molecule has 7 heteroatoms. The van der Waals surface area contributed by atoms with Gasteiger partial charge in [-0.3, -0.25) is 9.59 Å². The molecule has 0 saturated heterocycles. The number of ether oxygens (including phenoxy) is 3. The van der Waals surface area contributed by atoms with Crippen molar-refractivity contribution in [3.05, 3.63) is 83.9 Å². The molecule has 162 valence electrons. The second-order valence-electron chi connectivity index (χ2n) is 7.05. The number of carbonyl (C=O) groups excluding carboxylic acids is 2. The summed E-state index contributed by atoms with van der Waals surface area (Å²) in [6.07, 6.45) is 2.38. The summed E-state index contributed by atoms with van der Waals surface area (Å²) in [6, 6.07) is 19.7. The third kappa shape index (κ3) is 4.57. The zero-order valence-corrected chi connectivity index (χ0v) is 17.6. The summed E-state index contributed by atoms with van der Waals surface area (Å²) in [5.74, 6) is 1.15. The van der Waals surface area contributed by atoms with Crippen LogP contribution in [0.1, 0.15) is 17.2 Å². The third-order valence-corrected chi connectivity index (χ3v) is 4.92. The first-order valence-electron chi connectivity index (χ1n) is 9.95. The molecule has 0 aromatic heterocycles. The number of amides is 2. The van der Waals surface area contributed by atoms with Crippen LogP contribution in [0.4, 0.5) is 11.4 Å². The molecule has 2 amide bonds. The van der Waals surface area contributed by atoms with Crippen molar-refractivity contribution in [2.75, 3.05) is 24.9 Å². The largest absolute Gasteiger partial charge is 0.493 e. The lowest BCUT2D eigenvalue weighted by Gasteiger charge is -2.26. The summed E-state index contributed by atoms with van der Waals surface area (Å²) >= 11 is 0. The van der Waals surface area contributed by atoms with Crippen molar-refractivity contribution in [3.8, 4) is 17.2 Å². The zero-order valence-electron chi connectivity index (χ0n) is 17.6. The van der Waals surface area contributed by atoms with Crippen molar-refractivity contribution in [2.45, 2.75) is 6.10 Å². The van der Waals surface area contributed by atoms with E-state index in [1.54, 1.807) is 50.6 Å². The highest BCUT2D eigenvalue weighted by molar-refractivity contribution is 6.03. The minimum atomic E-state index is -0.714. The molecule has 1 heterocycles. The normalized spacial score (nSPS) is 14.8. The monoisotopic (exact) mass is 430 g/mol. The number of hydrogen-bond donors (Lipinski definition) is 2. The molecular formula is C25H22N2O5. The fraction of sp³-hybridized carbons (Fsp3) is 0.120. The quantitative estimate of drug-likeness (QED) is 0.565. The Morgan fingerprint density at radius 1 is 1.00 bits per heavy atom. The summed E-state index contributed by atoms with van der Waals surface area (Å²) in [6.45, 7) is 0. The number of hydrogen-bond acceptors (Lipinski definition) is 5. The number of methoxy groups -OCH3 is 2. The van der Waals surface area contributed by atoms with Crippen LogP contribution in [0.25, 0.3) is 6.08 Å². The molecule has 0 spiro atoms. The smallest absolute Gasteiger partial charge is 0.270 e. The summed E-state index contributed by atoms with van der Waals surface area (Å²) in [5, 5.41) is 5.63. The van der Waals surface area contributed by atoms with Crippen LogP contribution in [0.5, 0.6) is 17.2 Å². The van der Waals surface area contributed by atoms with E-state index in [1.165, 1.54) is 6.08 Å². The van der Waals surface area contributed by atoms with E-state index in [-0.39, 0.29) is 11.8 Å². The van der Waals surface area contributed by atoms with Crippen LogP contribution in [0.2, 0.25) is 0 Å². The zero-order chi connectivity index (χ0) is 22.5. The molecule has 0 aliphatic carbocycles. The van der Waals surface area contributed by atoms with Crippen molar-refractivity contribution in [3.63, 3.8) is 0 Å². The lowest BCUT2D eigenvalue weighted by Crippen LogP contribution is -2.30. The Balaban J connectivity index is 1.44. The van der Waals surface area contributed by atoms with Crippen LogP contribution in [0, 0.1) is 0 Å². The van der Waals surface area contributed by atoms with Crippen LogP contribution in [0.15, 0.2) is 72.8 Å². The Labute approximate surface area is 185 Å². The molecule has 0 radical (unpaired) electrons. The Morgan fingerprint density at radius 2 is 1.78 bits per heavy atom. The van der Waals surface area contributed by atoms with Gasteiger partial charge in [0.15, 0.2) is 11.5 Å². The SMILES string of the molecule is COc1ccc(/C=C/C(=O)Nc2ccc3c(c2)NC(=O)C(c2ccccc2)O3)cc1OC. The van der Waals surface area contributed by atoms with Crippen molar-refractivity contribution < 1.29 is 23.8 Å². The van der Waals surface area contributed by atoms with Crippen LogP contribution in [-0.2, 0) is 9.59 Å². The number of rotatable bonds is 6. The highest BCUT2D eigenvalue weighted by Gasteiger charge is 2.29. The fourth-order valence-electron chi connectivity index (χ4n) is 3.35. The lowest BCUT2D eigenvalue weighted by molar-refractivity contribution is -0.123. The molecule has 1 aliphatic heterocycles. The van der Waals surface area contributed by atoms with Crippen LogP contribution in [-0.4, -0.2) is 26.0 Å². The van der Waals surface area contributed by atoms with Gasteiger partial charge in [0.25, 0.3) is 5.91 Å². The Morgan fingerprint density at radius 3 is 2.53 bits per heavy atom. The van der Waals surface area contributed by atoms with E-state index in [0.717, 1.165) is 11.1 Å². The number of fused-ring (bicyclic) bond motifs is 1. The Kier molecular flexibility index (Phi) is 6.07. The average molecular weight is 430 g/mol. The molecule has 2 N–H and O–H groups in total. The molecule has 4 rings (SSSR count). The van der Waals surface area contributed by atoms with Crippen LogP contribution >= 0.6 is 0 Å². The maximum atomic E-state index is 12.5. The van der Waals surface area contributed by atoms with E-state index in [1.807, 2.05) is 36.4 Å². The number of anilines is 2. The van der Waals surface area contributed by atoms with Gasteiger partial charge in [0.1, 0.15) is 5.75 Å². The molecule has 1 aliphatic rings. The van der Waals surface area contributed by atoms with Crippen molar-refractivity contribution in [2.24, 2.45) is 0 Å². The third-order valence-electron chi connectivity index (χ3n) is 4.92. The Bertz CT molecular complexity index is 1170. The molecule has 1 unspecified atom stereocenters. The molecule has 7 nitrogen and oxygen atoms in total. The van der Waals surface area contributed by atoms with Gasteiger partial charge in [0, 0.05) is 17.3 Å². The number of carbonyl (C=O) groups is 2. The highest BCUT2D eigenvalue weighted by atomic mass is 16.5. The van der Waals surface area contributed by atoms with Gasteiger partial charge in [0.05, 0.1) is 19.9 Å². The Hall–Kier alpha value is -4.26. The van der Waals surface area contributed by atoms with Crippen molar-refractivity contribution >= 4 is 29.3 Å². The molecule has 0 bridgehead atoms. The van der Waals surface area contributed by atoms with Gasteiger partial charge >= 0.3 is 0 Å². The summed E-state index contributed by atoms with van der Waals surface area (Å²) in [7, 11) is 3.12. The van der Waals surface area contributed by atoms with Crippen molar-refractivity contribution in [1.29, 1.82) is 0 Å². The average Bonchev–Trinajstić information content (AvgIpc) is 2.82. The highest BCUT2D eigenvalue weighted by Crippen LogP contribution is 2.36. The minimum Gasteiger partial charge on any atom is -0.493 e. The predicted molar refractivity (Wildman–Crippen MR) is 122 cm³/mol. The van der Waals surface area contributed by atoms with E-state index >= 15 is 0 Å². The first-order chi connectivity index (χ1) is 15.6. The molecule has 1 atom stereocenters. The second-order valence-corrected chi connectivity index (χ2v) is 7.05. The van der Waals surface area contributed by atoms with Gasteiger partial charge in [-0.05, 0) is 42.0 Å². The predicted octanol–water partition coefficient (Wildman–Crippen LogP) is 4.43. The fourth-order valence-corrected chi connectivity index (χ4v) is 3.35. The van der Waals surface area contributed by atoms with E-state index < -0.39 is 6.10 Å². The van der Waals surface area contributed by atoms with E-state index in [9.17, 15) is 9.59 Å². The summed E-state index contributed by atoms with van der Waals surface area (Å²) in [4.78, 5) is 24.9. The van der Waals surface area contributed by atoms with Crippen LogP contribution in [0.3, 0.4) is 0 Å². The summed E-state index contributed by atoms with van der Waals surface area (Å²) < 4.78 is 16.4. The number of nitrogens with one attached hydrogen (secondary N) is 2. The molecular weight excluding hydrogens is 408 g/mol. The molecule has 3 aromatic carbocycles. The number of benzene rings is 3. The first kappa shape index (κ1) is 21.0. The van der Waals surface area contributed by atoms with Gasteiger partial charge in [-0.2, -0.15) is 0 Å². The molecule has 3 aromatic rings. The van der Waals surface area contributed by atoms with E-state index in [2.05, 4.69) is 10.6 Å². The van der Waals surface area contributed by atoms with Gasteiger partial charge in [-0.25, -0.2) is 0 Å². The van der Waals surface area contributed by atoms with Gasteiger partial charge in [-0.15, -0.1) is 0 Å². The van der Waals surface area contributed by atoms with E-state index in [0.29, 0.717) is 28.6 Å². The van der Waals surface area contributed by atoms with Gasteiger partial charge < -0.3 is 24.8 Å². The maximum Gasteiger partial charge on any atom is 0.270 e. The van der Waals surface area contributed by atoms with E-state index in [4.69, 9.17) is 14.2 Å². The topological polar surface area (TPSA) is 85.9 Å². The maximum absolute atomic E-state index is 12.5. The molecule has 32 heavy (non-hydrogen) atoms. The molecule has 0 fully saturated rings. The minimum absolute atomic E-state index is 0.263. The summed E-state index contributed by atoms with van der Waals surface area (Å²) in [5.41, 5.74) is 2.60. The molecule has 0 saturated carbocycles. The standard InChI is InChI=1S/C25H22N2O5/c1-30-21-11-8-16(14-22(21)31-2)9-13-23(28)26-18-10-12-20-19(15-18)27-25(29)24(32-20)17-6-4-3-5-7-17/h3-15,24H,1-2H3,(H,26,28)(H,27,29)/b13-9+. The van der Waals surface area contributed by atoms with Gasteiger partial charge in [-0.1, -0.05) is 36.4 Å².